The third-order valence-corrected chi connectivity index (χ3v) is 9.84. The molecule has 1 unspecified atom stereocenters. The topological polar surface area (TPSA) is 62.8 Å². The van der Waals surface area contributed by atoms with E-state index in [1.54, 1.807) is 6.20 Å². The van der Waals surface area contributed by atoms with E-state index in [1.165, 1.54) is 27.1 Å². The standard InChI is InChI=1S/C46H30N4O/c1-2-10-31(11-3-1)44-48-45(50-46(49-44)34-22-17-29-9-4-5-12-33(29)27-34)32-20-18-30(19-21-32)35-23-24-38(37-14-7-6-13-36(35)37)39-15-8-16-42-43(39)40-28-47-26-25-41(40)51-42/h1-28,46H,(H,48,49,50). The summed E-state index contributed by atoms with van der Waals surface area (Å²) < 4.78 is 6.20. The summed E-state index contributed by atoms with van der Waals surface area (Å²) in [6.45, 7) is 0. The maximum Gasteiger partial charge on any atom is 0.159 e. The molecule has 1 aliphatic rings. The fourth-order valence-electron chi connectivity index (χ4n) is 7.35. The van der Waals surface area contributed by atoms with E-state index in [9.17, 15) is 0 Å². The van der Waals surface area contributed by atoms with Crippen LogP contribution in [0.4, 0.5) is 0 Å². The van der Waals surface area contributed by atoms with Gasteiger partial charge in [0.15, 0.2) is 5.84 Å². The molecular formula is C46H30N4O. The van der Waals surface area contributed by atoms with Crippen LogP contribution in [0, 0.1) is 0 Å². The molecule has 2 aromatic heterocycles. The van der Waals surface area contributed by atoms with Crippen molar-refractivity contribution in [1.29, 1.82) is 0 Å². The molecule has 0 saturated heterocycles. The molecule has 3 heterocycles. The van der Waals surface area contributed by atoms with Crippen LogP contribution in [0.1, 0.15) is 22.9 Å². The van der Waals surface area contributed by atoms with Crippen LogP contribution in [-0.2, 0) is 0 Å². The zero-order chi connectivity index (χ0) is 33.7. The third-order valence-electron chi connectivity index (χ3n) is 9.84. The Kier molecular flexibility index (Phi) is 6.81. The predicted molar refractivity (Wildman–Crippen MR) is 209 cm³/mol. The summed E-state index contributed by atoms with van der Waals surface area (Å²) >= 11 is 0. The van der Waals surface area contributed by atoms with Gasteiger partial charge in [-0.2, -0.15) is 0 Å². The number of benzene rings is 7. The molecule has 0 amide bonds. The Morgan fingerprint density at radius 3 is 2.12 bits per heavy atom. The van der Waals surface area contributed by atoms with Gasteiger partial charge >= 0.3 is 0 Å². The van der Waals surface area contributed by atoms with E-state index >= 15 is 0 Å². The first-order valence-electron chi connectivity index (χ1n) is 17.1. The molecule has 5 heteroatoms. The summed E-state index contributed by atoms with van der Waals surface area (Å²) in [6.07, 6.45) is 3.39. The molecule has 0 radical (unpaired) electrons. The van der Waals surface area contributed by atoms with Crippen LogP contribution < -0.4 is 5.32 Å². The molecule has 0 aliphatic carbocycles. The quantitative estimate of drug-likeness (QED) is 0.201. The van der Waals surface area contributed by atoms with E-state index in [4.69, 9.17) is 14.4 Å². The zero-order valence-corrected chi connectivity index (χ0v) is 27.5. The van der Waals surface area contributed by atoms with Gasteiger partial charge in [-0.15, -0.1) is 0 Å². The van der Waals surface area contributed by atoms with Crippen LogP contribution in [0.5, 0.6) is 0 Å². The number of hydrogen-bond donors (Lipinski definition) is 1. The molecule has 0 spiro atoms. The number of furan rings is 1. The van der Waals surface area contributed by atoms with Gasteiger partial charge in [0.1, 0.15) is 23.2 Å². The number of rotatable bonds is 5. The first-order chi connectivity index (χ1) is 25.3. The van der Waals surface area contributed by atoms with E-state index in [0.717, 1.165) is 61.2 Å². The SMILES string of the molecule is c1ccc(C2=NC(c3ccc4ccccc4c3)NC(c3ccc(-c4ccc(-c5cccc6oc7ccncc7c56)c5ccccc45)cc3)=N2)cc1. The molecule has 0 saturated carbocycles. The minimum absolute atomic E-state index is 0.277. The van der Waals surface area contributed by atoms with E-state index in [1.807, 2.05) is 36.5 Å². The first-order valence-corrected chi connectivity index (χ1v) is 17.1. The van der Waals surface area contributed by atoms with Crippen molar-refractivity contribution < 1.29 is 4.42 Å². The highest BCUT2D eigenvalue weighted by atomic mass is 16.3. The molecule has 1 atom stereocenters. The number of amidine groups is 2. The summed E-state index contributed by atoms with van der Waals surface area (Å²) in [5.41, 5.74) is 9.39. The van der Waals surface area contributed by atoms with Gasteiger partial charge in [0.25, 0.3) is 0 Å². The highest BCUT2D eigenvalue weighted by Gasteiger charge is 2.22. The molecule has 1 N–H and O–H groups in total. The summed E-state index contributed by atoms with van der Waals surface area (Å²) in [4.78, 5) is 14.5. The van der Waals surface area contributed by atoms with E-state index in [0.29, 0.717) is 5.84 Å². The first kappa shape index (κ1) is 29.1. The maximum atomic E-state index is 6.20. The highest BCUT2D eigenvalue weighted by Crippen LogP contribution is 2.41. The lowest BCUT2D eigenvalue weighted by Crippen LogP contribution is -2.33. The molecule has 1 aliphatic heterocycles. The minimum Gasteiger partial charge on any atom is -0.456 e. The van der Waals surface area contributed by atoms with Gasteiger partial charge in [0, 0.05) is 34.3 Å². The molecule has 240 valence electrons. The van der Waals surface area contributed by atoms with Crippen LogP contribution in [0.2, 0.25) is 0 Å². The smallest absolute Gasteiger partial charge is 0.159 e. The third kappa shape index (κ3) is 5.06. The predicted octanol–water partition coefficient (Wildman–Crippen LogP) is 11.1. The van der Waals surface area contributed by atoms with Crippen LogP contribution in [0.15, 0.2) is 185 Å². The normalized spacial score (nSPS) is 14.5. The monoisotopic (exact) mass is 654 g/mol. The Balaban J connectivity index is 1.03. The number of aromatic nitrogens is 1. The number of hydrogen-bond acceptors (Lipinski definition) is 5. The Morgan fingerprint density at radius 2 is 1.25 bits per heavy atom. The fraction of sp³-hybridized carbons (Fsp3) is 0.0217. The van der Waals surface area contributed by atoms with Crippen molar-refractivity contribution in [3.63, 3.8) is 0 Å². The van der Waals surface area contributed by atoms with Crippen LogP contribution in [0.25, 0.3) is 65.7 Å². The Bertz CT molecular complexity index is 2830. The average molecular weight is 655 g/mol. The number of aliphatic imine (C=N–C) groups is 2. The Morgan fingerprint density at radius 1 is 0.510 bits per heavy atom. The van der Waals surface area contributed by atoms with Crippen LogP contribution in [0.3, 0.4) is 0 Å². The molecule has 0 fully saturated rings. The molecule has 7 aromatic carbocycles. The second kappa shape index (κ2) is 11.9. The lowest BCUT2D eigenvalue weighted by atomic mass is 9.90. The number of pyridine rings is 1. The van der Waals surface area contributed by atoms with Crippen molar-refractivity contribution in [2.75, 3.05) is 0 Å². The molecule has 0 bridgehead atoms. The summed E-state index contributed by atoms with van der Waals surface area (Å²) in [5, 5.41) is 10.5. The number of nitrogens with one attached hydrogen (secondary N) is 1. The molecule has 5 nitrogen and oxygen atoms in total. The lowest BCUT2D eigenvalue weighted by molar-refractivity contribution is 0.668. The van der Waals surface area contributed by atoms with Crippen molar-refractivity contribution in [2.45, 2.75) is 6.17 Å². The van der Waals surface area contributed by atoms with Crippen molar-refractivity contribution in [2.24, 2.45) is 9.98 Å². The summed E-state index contributed by atoms with van der Waals surface area (Å²) in [6, 6.07) is 55.1. The zero-order valence-electron chi connectivity index (χ0n) is 27.5. The van der Waals surface area contributed by atoms with Crippen LogP contribution >= 0.6 is 0 Å². The minimum atomic E-state index is -0.277. The van der Waals surface area contributed by atoms with Gasteiger partial charge in [0.2, 0.25) is 0 Å². The molecular weight excluding hydrogens is 625 g/mol. The number of fused-ring (bicyclic) bond motifs is 5. The van der Waals surface area contributed by atoms with Gasteiger partial charge in [-0.05, 0) is 67.6 Å². The second-order valence-corrected chi connectivity index (χ2v) is 12.9. The number of nitrogens with zero attached hydrogens (tertiary/aromatic N) is 3. The van der Waals surface area contributed by atoms with Gasteiger partial charge in [-0.25, -0.2) is 9.98 Å². The summed E-state index contributed by atoms with van der Waals surface area (Å²) in [5.74, 6) is 1.51. The summed E-state index contributed by atoms with van der Waals surface area (Å²) in [7, 11) is 0. The van der Waals surface area contributed by atoms with Gasteiger partial charge in [-0.3, -0.25) is 4.98 Å². The van der Waals surface area contributed by atoms with Crippen molar-refractivity contribution in [3.05, 3.63) is 187 Å². The second-order valence-electron chi connectivity index (χ2n) is 12.9. The van der Waals surface area contributed by atoms with Crippen molar-refractivity contribution in [1.82, 2.24) is 10.3 Å². The molecule has 9 aromatic rings. The van der Waals surface area contributed by atoms with E-state index in [2.05, 4.69) is 138 Å². The maximum absolute atomic E-state index is 6.20. The fourth-order valence-corrected chi connectivity index (χ4v) is 7.35. The molecule has 10 rings (SSSR count). The van der Waals surface area contributed by atoms with Crippen molar-refractivity contribution >= 4 is 55.2 Å². The van der Waals surface area contributed by atoms with Gasteiger partial charge in [0.05, 0.1) is 0 Å². The van der Waals surface area contributed by atoms with E-state index in [-0.39, 0.29) is 6.17 Å². The highest BCUT2D eigenvalue weighted by molar-refractivity contribution is 6.17. The van der Waals surface area contributed by atoms with Crippen molar-refractivity contribution in [3.8, 4) is 22.3 Å². The largest absolute Gasteiger partial charge is 0.456 e. The molecule has 51 heavy (non-hydrogen) atoms. The Labute approximate surface area is 294 Å². The van der Waals surface area contributed by atoms with Crippen LogP contribution in [-0.4, -0.2) is 16.7 Å². The lowest BCUT2D eigenvalue weighted by Gasteiger charge is -2.24. The Hall–Kier alpha value is -6.85. The average Bonchev–Trinajstić information content (AvgIpc) is 3.60. The van der Waals surface area contributed by atoms with E-state index < -0.39 is 0 Å². The van der Waals surface area contributed by atoms with Gasteiger partial charge < -0.3 is 9.73 Å². The van der Waals surface area contributed by atoms with Gasteiger partial charge in [-0.1, -0.05) is 140 Å².